The summed E-state index contributed by atoms with van der Waals surface area (Å²) in [4.78, 5) is 0. The van der Waals surface area contributed by atoms with Gasteiger partial charge in [-0.25, -0.2) is 4.57 Å². The van der Waals surface area contributed by atoms with E-state index in [2.05, 4.69) is 0 Å². The van der Waals surface area contributed by atoms with E-state index in [0.29, 0.717) is 17.1 Å². The third-order valence-electron chi connectivity index (χ3n) is 3.71. The van der Waals surface area contributed by atoms with Crippen molar-refractivity contribution in [1.82, 2.24) is 0 Å². The van der Waals surface area contributed by atoms with Gasteiger partial charge in [0.1, 0.15) is 11.5 Å². The summed E-state index contributed by atoms with van der Waals surface area (Å²) in [5.74, 6) is -0.0119. The molecule has 0 unspecified atom stereocenters. The van der Waals surface area contributed by atoms with Crippen LogP contribution in [0.3, 0.4) is 0 Å². The van der Waals surface area contributed by atoms with E-state index < -0.39 is 13.4 Å². The summed E-state index contributed by atoms with van der Waals surface area (Å²) in [5.41, 5.74) is 8.10. The molecule has 0 aliphatic rings. The quantitative estimate of drug-likeness (QED) is 0.611. The summed E-state index contributed by atoms with van der Waals surface area (Å²) in [6.45, 7) is 1.98. The van der Waals surface area contributed by atoms with E-state index in [4.69, 9.17) is 14.8 Å². The largest absolute Gasteiger partial charge is 0.451 e. The molecule has 4 nitrogen and oxygen atoms in total. The molecule has 0 bridgehead atoms. The number of nitrogens with two attached hydrogens (primary N) is 1. The van der Waals surface area contributed by atoms with Gasteiger partial charge in [-0.2, -0.15) is 0 Å². The molecule has 3 rings (SSSR count). The van der Waals surface area contributed by atoms with Crippen molar-refractivity contribution in [3.05, 3.63) is 96.1 Å². The van der Waals surface area contributed by atoms with E-state index in [1.165, 1.54) is 0 Å². The van der Waals surface area contributed by atoms with Crippen LogP contribution < -0.4 is 14.8 Å². The third kappa shape index (κ3) is 4.30. The van der Waals surface area contributed by atoms with Crippen LogP contribution in [0.4, 0.5) is 0 Å². The Morgan fingerprint density at radius 2 is 1.20 bits per heavy atom. The SMILES string of the molecule is Cc1ccc([C@@H](N)P(=O)(Oc2ccccc2)Oc2ccccc2)cc1. The third-order valence-corrected chi connectivity index (χ3v) is 5.62. The van der Waals surface area contributed by atoms with Crippen LogP contribution in [-0.4, -0.2) is 0 Å². The van der Waals surface area contributed by atoms with Gasteiger partial charge in [0, 0.05) is 0 Å². The normalized spacial score (nSPS) is 12.4. The Kier molecular flexibility index (Phi) is 5.22. The fourth-order valence-electron chi connectivity index (χ4n) is 2.33. The molecule has 0 fully saturated rings. The van der Waals surface area contributed by atoms with Gasteiger partial charge in [0.15, 0.2) is 5.78 Å². The van der Waals surface area contributed by atoms with E-state index in [1.54, 1.807) is 48.5 Å². The first-order valence-electron chi connectivity index (χ1n) is 7.98. The fourth-order valence-corrected chi connectivity index (χ4v) is 3.97. The molecular formula is C20H20NO3P. The topological polar surface area (TPSA) is 61.6 Å². The zero-order valence-corrected chi connectivity index (χ0v) is 14.8. The van der Waals surface area contributed by atoms with Crippen molar-refractivity contribution in [3.8, 4) is 11.5 Å². The highest BCUT2D eigenvalue weighted by Gasteiger charge is 2.38. The molecule has 0 saturated carbocycles. The molecule has 2 N–H and O–H groups in total. The van der Waals surface area contributed by atoms with Crippen LogP contribution >= 0.6 is 7.60 Å². The van der Waals surface area contributed by atoms with Gasteiger partial charge >= 0.3 is 7.60 Å². The maximum atomic E-state index is 13.6. The first-order chi connectivity index (χ1) is 12.1. The number of rotatable bonds is 6. The smallest absolute Gasteiger partial charge is 0.415 e. The zero-order valence-electron chi connectivity index (χ0n) is 13.9. The minimum Gasteiger partial charge on any atom is -0.415 e. The standard InChI is InChI=1S/C20H20NO3P/c1-16-12-14-17(15-13-16)20(21)25(22,23-18-8-4-2-5-9-18)24-19-10-6-3-7-11-19/h2-15,20H,21H2,1H3/t20-/m0/s1. The van der Waals surface area contributed by atoms with Crippen LogP contribution in [0.1, 0.15) is 16.9 Å². The van der Waals surface area contributed by atoms with Crippen molar-refractivity contribution in [2.75, 3.05) is 0 Å². The molecule has 0 aromatic heterocycles. The highest BCUT2D eigenvalue weighted by atomic mass is 31.2. The molecular weight excluding hydrogens is 333 g/mol. The van der Waals surface area contributed by atoms with Crippen LogP contribution in [0.2, 0.25) is 0 Å². The first kappa shape index (κ1) is 17.3. The van der Waals surface area contributed by atoms with Crippen molar-refractivity contribution in [2.45, 2.75) is 12.7 Å². The molecule has 128 valence electrons. The molecule has 3 aromatic carbocycles. The van der Waals surface area contributed by atoms with Gasteiger partial charge in [-0.15, -0.1) is 0 Å². The zero-order chi connectivity index (χ0) is 17.7. The highest BCUT2D eigenvalue weighted by molar-refractivity contribution is 7.55. The van der Waals surface area contributed by atoms with E-state index in [1.807, 2.05) is 43.3 Å². The average Bonchev–Trinajstić information content (AvgIpc) is 2.63. The summed E-state index contributed by atoms with van der Waals surface area (Å²) in [6.07, 6.45) is 0. The van der Waals surface area contributed by atoms with Crippen molar-refractivity contribution in [1.29, 1.82) is 0 Å². The lowest BCUT2D eigenvalue weighted by Gasteiger charge is -2.25. The van der Waals surface area contributed by atoms with Crippen molar-refractivity contribution in [3.63, 3.8) is 0 Å². The summed E-state index contributed by atoms with van der Waals surface area (Å²) in [7, 11) is -3.71. The Morgan fingerprint density at radius 1 is 0.760 bits per heavy atom. The highest BCUT2D eigenvalue weighted by Crippen LogP contribution is 2.57. The van der Waals surface area contributed by atoms with E-state index in [9.17, 15) is 4.57 Å². The molecule has 0 radical (unpaired) electrons. The number of para-hydroxylation sites is 2. The van der Waals surface area contributed by atoms with Crippen LogP contribution in [0.15, 0.2) is 84.9 Å². The first-order valence-corrected chi connectivity index (χ1v) is 9.59. The summed E-state index contributed by atoms with van der Waals surface area (Å²) < 4.78 is 25.1. The van der Waals surface area contributed by atoms with Crippen molar-refractivity contribution < 1.29 is 13.6 Å². The van der Waals surface area contributed by atoms with Crippen LogP contribution in [0, 0.1) is 6.92 Å². The van der Waals surface area contributed by atoms with Gasteiger partial charge < -0.3 is 14.8 Å². The molecule has 1 atom stereocenters. The molecule has 0 amide bonds. The number of hydrogen-bond acceptors (Lipinski definition) is 4. The second-order valence-corrected chi connectivity index (χ2v) is 7.71. The molecule has 5 heteroatoms. The minimum absolute atomic E-state index is 0.448. The molecule has 3 aromatic rings. The average molecular weight is 353 g/mol. The molecule has 25 heavy (non-hydrogen) atoms. The Balaban J connectivity index is 1.95. The van der Waals surface area contributed by atoms with Crippen LogP contribution in [0.5, 0.6) is 11.5 Å². The molecule has 0 spiro atoms. The van der Waals surface area contributed by atoms with Gasteiger partial charge in [0.25, 0.3) is 0 Å². The lowest BCUT2D eigenvalue weighted by atomic mass is 10.1. The van der Waals surface area contributed by atoms with Crippen molar-refractivity contribution in [2.24, 2.45) is 5.73 Å². The predicted octanol–water partition coefficient (Wildman–Crippen LogP) is 5.30. The number of benzene rings is 3. The Labute approximate surface area is 147 Å². The molecule has 0 heterocycles. The maximum Gasteiger partial charge on any atom is 0.451 e. The van der Waals surface area contributed by atoms with E-state index >= 15 is 0 Å². The Bertz CT molecular complexity index is 806. The van der Waals surface area contributed by atoms with Crippen LogP contribution in [-0.2, 0) is 4.57 Å². The molecule has 0 saturated heterocycles. The monoisotopic (exact) mass is 353 g/mol. The molecule has 0 aliphatic carbocycles. The summed E-state index contributed by atoms with van der Waals surface area (Å²) in [6, 6.07) is 25.4. The fraction of sp³-hybridized carbons (Fsp3) is 0.100. The molecule has 0 aliphatic heterocycles. The van der Waals surface area contributed by atoms with Gasteiger partial charge in [0.05, 0.1) is 0 Å². The van der Waals surface area contributed by atoms with Gasteiger partial charge in [-0.05, 0) is 36.8 Å². The van der Waals surface area contributed by atoms with E-state index in [0.717, 1.165) is 5.56 Å². The van der Waals surface area contributed by atoms with Crippen LogP contribution in [0.25, 0.3) is 0 Å². The summed E-state index contributed by atoms with van der Waals surface area (Å²) >= 11 is 0. The minimum atomic E-state index is -3.71. The number of hydrogen-bond donors (Lipinski definition) is 1. The van der Waals surface area contributed by atoms with Gasteiger partial charge in [-0.3, -0.25) is 0 Å². The predicted molar refractivity (Wildman–Crippen MR) is 99.9 cm³/mol. The Hall–Kier alpha value is -2.55. The maximum absolute atomic E-state index is 13.6. The van der Waals surface area contributed by atoms with Gasteiger partial charge in [-0.1, -0.05) is 66.2 Å². The Morgan fingerprint density at radius 3 is 1.64 bits per heavy atom. The lowest BCUT2D eigenvalue weighted by molar-refractivity contribution is 0.373. The van der Waals surface area contributed by atoms with E-state index in [-0.39, 0.29) is 0 Å². The van der Waals surface area contributed by atoms with Crippen molar-refractivity contribution >= 4 is 7.60 Å². The second-order valence-electron chi connectivity index (χ2n) is 5.70. The van der Waals surface area contributed by atoms with Gasteiger partial charge in [0.2, 0.25) is 0 Å². The lowest BCUT2D eigenvalue weighted by Crippen LogP contribution is -2.18. The summed E-state index contributed by atoms with van der Waals surface area (Å²) in [5, 5.41) is 0. The number of aryl methyl sites for hydroxylation is 1. The second kappa shape index (κ2) is 7.56.